The highest BCUT2D eigenvalue weighted by Crippen LogP contribution is 2.38. The monoisotopic (exact) mass is 999 g/mol. The van der Waals surface area contributed by atoms with Crippen LogP contribution in [-0.2, 0) is 28.0 Å². The fourth-order valence-corrected chi connectivity index (χ4v) is 11.2. The Morgan fingerprint density at radius 3 is 2.25 bits per heavy atom. The summed E-state index contributed by atoms with van der Waals surface area (Å²) >= 11 is 1.59. The first kappa shape index (κ1) is 52.4. The Morgan fingerprint density at radius 1 is 0.889 bits per heavy atom. The number of thiazole rings is 1. The van der Waals surface area contributed by atoms with Crippen molar-refractivity contribution in [2.75, 3.05) is 52.4 Å². The number of hydrogen-bond acceptors (Lipinski definition) is 11. The molecule has 6 aromatic rings. The van der Waals surface area contributed by atoms with Gasteiger partial charge < -0.3 is 40.3 Å². The van der Waals surface area contributed by atoms with Crippen molar-refractivity contribution in [3.8, 4) is 33.0 Å². The van der Waals surface area contributed by atoms with Gasteiger partial charge in [-0.2, -0.15) is 0 Å². The highest BCUT2D eigenvalue weighted by Gasteiger charge is 2.44. The zero-order valence-electron chi connectivity index (χ0n) is 43.1. The van der Waals surface area contributed by atoms with Gasteiger partial charge in [0.15, 0.2) is 0 Å². The number of fused-ring (bicyclic) bond motifs is 1. The number of nitrogens with zero attached hydrogens (tertiary/aromatic N) is 7. The van der Waals surface area contributed by atoms with Crippen LogP contribution >= 0.6 is 11.3 Å². The lowest BCUT2D eigenvalue weighted by molar-refractivity contribution is -0.144. The molecular weight excluding hydrogens is 928 g/mol. The summed E-state index contributed by atoms with van der Waals surface area (Å²) < 4.78 is 16.1. The van der Waals surface area contributed by atoms with Gasteiger partial charge in [-0.15, -0.1) is 11.3 Å². The average Bonchev–Trinajstić information content (AvgIpc) is 4.07. The second-order valence-electron chi connectivity index (χ2n) is 20.9. The zero-order valence-corrected chi connectivity index (χ0v) is 43.9. The van der Waals surface area contributed by atoms with Gasteiger partial charge in [0.1, 0.15) is 17.9 Å². The molecule has 0 saturated carbocycles. The Morgan fingerprint density at radius 2 is 1.58 bits per heavy atom. The predicted octanol–water partition coefficient (Wildman–Crippen LogP) is 7.74. The van der Waals surface area contributed by atoms with E-state index in [-0.39, 0.29) is 49.0 Å². The number of piperazine rings is 1. The van der Waals surface area contributed by atoms with Crippen LogP contribution in [0.3, 0.4) is 0 Å². The van der Waals surface area contributed by atoms with Gasteiger partial charge in [0, 0.05) is 87.9 Å². The molecule has 0 radical (unpaired) electrons. The predicted molar refractivity (Wildman–Crippen MR) is 284 cm³/mol. The highest BCUT2D eigenvalue weighted by molar-refractivity contribution is 7.13. The molecule has 0 spiro atoms. The second kappa shape index (κ2) is 22.9. The number of β-amino-alcohol motifs (C(OH)–C–C–N with tert-alkyl or cyclic N) is 1. The third-order valence-electron chi connectivity index (χ3n) is 14.3. The van der Waals surface area contributed by atoms with E-state index in [4.69, 9.17) is 4.98 Å². The zero-order chi connectivity index (χ0) is 51.3. The van der Waals surface area contributed by atoms with Gasteiger partial charge in [-0.25, -0.2) is 14.4 Å². The first-order chi connectivity index (χ1) is 34.4. The normalized spacial score (nSPS) is 17.6. The maximum atomic E-state index is 14.2. The quantitative estimate of drug-likeness (QED) is 0.0628. The van der Waals surface area contributed by atoms with E-state index < -0.39 is 23.6 Å². The summed E-state index contributed by atoms with van der Waals surface area (Å²) in [5.41, 5.74) is 12.3. The number of carbonyl (C=O) groups excluding carboxylic acids is 3. The molecule has 2 fully saturated rings. The van der Waals surface area contributed by atoms with Crippen molar-refractivity contribution in [1.29, 1.82) is 0 Å². The number of imidazole rings is 1. The summed E-state index contributed by atoms with van der Waals surface area (Å²) in [6.07, 6.45) is 4.85. The fraction of sp³-hybridized carbons (Fsp3) is 0.464. The van der Waals surface area contributed by atoms with E-state index in [1.54, 1.807) is 23.6 Å². The summed E-state index contributed by atoms with van der Waals surface area (Å²) in [6, 6.07) is 17.2. The maximum absolute atomic E-state index is 14.2. The largest absolute Gasteiger partial charge is 0.391 e. The van der Waals surface area contributed by atoms with E-state index >= 15 is 0 Å². The van der Waals surface area contributed by atoms with Crippen molar-refractivity contribution in [3.05, 3.63) is 112 Å². The second-order valence-corrected chi connectivity index (χ2v) is 21.7. The Balaban J connectivity index is 0.748. The number of nitrogens with one attached hydrogen (secondary N) is 3. The van der Waals surface area contributed by atoms with Gasteiger partial charge in [0.2, 0.25) is 17.7 Å². The number of hydrogen-bond donors (Lipinski definition) is 4. The molecule has 0 bridgehead atoms. The summed E-state index contributed by atoms with van der Waals surface area (Å²) in [4.78, 5) is 62.4. The van der Waals surface area contributed by atoms with E-state index in [1.807, 2.05) is 88.4 Å². The number of rotatable bonds is 18. The lowest BCUT2D eigenvalue weighted by Crippen LogP contribution is -2.57. The molecule has 4 atom stereocenters. The summed E-state index contributed by atoms with van der Waals surface area (Å²) in [6.45, 7) is 21.2. The molecule has 72 heavy (non-hydrogen) atoms. The number of aryl methyl sites for hydroxylation is 4. The van der Waals surface area contributed by atoms with Crippen molar-refractivity contribution >= 4 is 40.0 Å². The van der Waals surface area contributed by atoms with Gasteiger partial charge in [0.25, 0.3) is 0 Å². The van der Waals surface area contributed by atoms with E-state index in [0.717, 1.165) is 120 Å². The number of likely N-dealkylation sites (tertiary alicyclic amines) is 1. The van der Waals surface area contributed by atoms with Crippen LogP contribution in [0.25, 0.3) is 43.9 Å². The van der Waals surface area contributed by atoms with Crippen LogP contribution in [0.15, 0.2) is 78.7 Å². The minimum absolute atomic E-state index is 0.0296. The SMILES string of the molecule is Cc1cc(CNCCCN2CCN(CCCC(=O)N[C@H](C(=O)N3C[C@H](O)C[C@H]3C(=O)N[C@@H](C)c3ccc(-c4scnc4C)cc3)C(C)(C)C)CC2)cc(C)c1-c1ncn(C)c1-c1ccnc2cc(F)ccc12. The van der Waals surface area contributed by atoms with E-state index in [9.17, 15) is 23.9 Å². The minimum atomic E-state index is -0.862. The van der Waals surface area contributed by atoms with Crippen LogP contribution in [0.5, 0.6) is 0 Å². The fourth-order valence-electron chi connectivity index (χ4n) is 10.4. The first-order valence-electron chi connectivity index (χ1n) is 25.4. The number of halogens is 1. The minimum Gasteiger partial charge on any atom is -0.391 e. The molecule has 16 heteroatoms. The third kappa shape index (κ3) is 12.3. The van der Waals surface area contributed by atoms with Crippen molar-refractivity contribution < 1.29 is 23.9 Å². The maximum Gasteiger partial charge on any atom is 0.246 e. The molecular formula is C56H71FN10O4S. The summed E-state index contributed by atoms with van der Waals surface area (Å²) in [5, 5.41) is 21.3. The molecule has 5 heterocycles. The molecule has 8 rings (SSSR count). The molecule has 14 nitrogen and oxygen atoms in total. The Hall–Kier alpha value is -5.91. The molecule has 0 unspecified atom stereocenters. The van der Waals surface area contributed by atoms with Crippen LogP contribution in [-0.4, -0.2) is 128 Å². The number of aliphatic hydroxyl groups is 1. The average molecular weight is 999 g/mol. The molecule has 2 aliphatic rings. The topological polar surface area (TPSA) is 161 Å². The van der Waals surface area contributed by atoms with Crippen molar-refractivity contribution in [2.24, 2.45) is 12.5 Å². The Bertz CT molecular complexity index is 2850. The summed E-state index contributed by atoms with van der Waals surface area (Å²) in [7, 11) is 1.99. The molecule has 4 N–H and O–H groups in total. The van der Waals surface area contributed by atoms with E-state index in [0.29, 0.717) is 11.9 Å². The molecule has 382 valence electrons. The summed E-state index contributed by atoms with van der Waals surface area (Å²) in [5.74, 6) is -1.19. The van der Waals surface area contributed by atoms with Gasteiger partial charge in [0.05, 0.1) is 51.5 Å². The van der Waals surface area contributed by atoms with Crippen LogP contribution in [0.2, 0.25) is 0 Å². The van der Waals surface area contributed by atoms with E-state index in [1.165, 1.54) is 22.6 Å². The molecule has 2 saturated heterocycles. The van der Waals surface area contributed by atoms with Crippen LogP contribution in [0, 0.1) is 32.0 Å². The smallest absolute Gasteiger partial charge is 0.246 e. The van der Waals surface area contributed by atoms with Gasteiger partial charge in [-0.3, -0.25) is 19.4 Å². The highest BCUT2D eigenvalue weighted by atomic mass is 32.1. The standard InChI is InChI=1S/C56H71FN10O4S/c1-35-27-39(28-36(2)49(35)50-51(64(8)33-60-50)45-18-20-59-46-29-42(57)16-17-44(45)46)31-58-19-10-22-66-25-23-65(24-26-66)21-9-11-48(69)63-53(56(5,6)7)55(71)67-32-43(68)30-47(67)54(70)62-37(3)40-12-14-41(15-13-40)52-38(4)61-34-72-52/h12-18,20,27-29,33-34,37,43,47,53,58,68H,9-11,19,21-26,30-32H2,1-8H3,(H,62,70)(H,63,69)/t37-,43+,47-,53+/m0/s1. The van der Waals surface area contributed by atoms with Crippen molar-refractivity contribution in [2.45, 2.75) is 105 Å². The lowest BCUT2D eigenvalue weighted by Gasteiger charge is -2.36. The number of aromatic nitrogens is 4. The Labute approximate surface area is 427 Å². The number of amides is 3. The van der Waals surface area contributed by atoms with Gasteiger partial charge in [-0.05, 0) is 112 Å². The number of carbonyl (C=O) groups is 3. The van der Waals surface area contributed by atoms with Crippen LogP contribution in [0.1, 0.15) is 87.4 Å². The Kier molecular flexibility index (Phi) is 16.7. The van der Waals surface area contributed by atoms with Crippen LogP contribution < -0.4 is 16.0 Å². The van der Waals surface area contributed by atoms with Crippen LogP contribution in [0.4, 0.5) is 4.39 Å². The van der Waals surface area contributed by atoms with Crippen molar-refractivity contribution in [3.63, 3.8) is 0 Å². The molecule has 3 aromatic carbocycles. The third-order valence-corrected chi connectivity index (χ3v) is 15.3. The van der Waals surface area contributed by atoms with E-state index in [2.05, 4.69) is 61.7 Å². The van der Waals surface area contributed by atoms with Gasteiger partial charge in [-0.1, -0.05) is 57.2 Å². The van der Waals surface area contributed by atoms with Gasteiger partial charge >= 0.3 is 0 Å². The molecule has 0 aliphatic carbocycles. The molecule has 3 aromatic heterocycles. The number of pyridine rings is 1. The molecule has 2 aliphatic heterocycles. The molecule has 3 amide bonds. The lowest BCUT2D eigenvalue weighted by atomic mass is 9.85. The number of aliphatic hydroxyl groups excluding tert-OH is 1. The van der Waals surface area contributed by atoms with Crippen molar-refractivity contribution in [1.82, 2.24) is 50.2 Å². The first-order valence-corrected chi connectivity index (χ1v) is 26.2. The number of benzene rings is 3.